The summed E-state index contributed by atoms with van der Waals surface area (Å²) >= 11 is 12.3. The Bertz CT molecular complexity index is 955. The Morgan fingerprint density at radius 1 is 0.690 bits per heavy atom. The maximum absolute atomic E-state index is 13.0. The zero-order valence-electron chi connectivity index (χ0n) is 15.0. The standard InChI is InChI=1S/C22H15Cl2NO4/c23-22(19(25-24)16-10-4-1-5-11-16,20(26)28-17-12-6-2-7-13-17)21(27)29-18-14-8-3-9-15-18/h1-15H/b25-19+. The third-order valence-electron chi connectivity index (χ3n) is 3.93. The number of esters is 2. The first kappa shape index (κ1) is 20.6. The van der Waals surface area contributed by atoms with E-state index in [0.717, 1.165) is 0 Å². The molecule has 0 N–H and O–H groups in total. The topological polar surface area (TPSA) is 65.0 Å². The number of ether oxygens (including phenoxy) is 2. The van der Waals surface area contributed by atoms with Crippen LogP contribution in [-0.4, -0.2) is 22.5 Å². The van der Waals surface area contributed by atoms with E-state index in [-0.39, 0.29) is 17.2 Å². The van der Waals surface area contributed by atoms with Gasteiger partial charge in [0.2, 0.25) is 0 Å². The smallest absolute Gasteiger partial charge is 0.350 e. The molecular formula is C22H15Cl2NO4. The van der Waals surface area contributed by atoms with Crippen molar-refractivity contribution in [3.05, 3.63) is 96.6 Å². The van der Waals surface area contributed by atoms with Gasteiger partial charge in [-0.3, -0.25) is 0 Å². The molecule has 0 unspecified atom stereocenters. The van der Waals surface area contributed by atoms with Crippen LogP contribution in [0.2, 0.25) is 0 Å². The molecule has 0 aliphatic rings. The molecule has 29 heavy (non-hydrogen) atoms. The number of rotatable bonds is 6. The van der Waals surface area contributed by atoms with Crippen LogP contribution in [0.3, 0.4) is 0 Å². The maximum atomic E-state index is 13.0. The van der Waals surface area contributed by atoms with Crippen LogP contribution < -0.4 is 9.47 Å². The normalized spacial score (nSPS) is 11.6. The summed E-state index contributed by atoms with van der Waals surface area (Å²) in [6.07, 6.45) is 0. The van der Waals surface area contributed by atoms with Gasteiger partial charge in [-0.25, -0.2) is 9.59 Å². The number of carbonyl (C=O) groups excluding carboxylic acids is 2. The number of alkyl halides is 1. The zero-order chi connectivity index (χ0) is 20.7. The van der Waals surface area contributed by atoms with Crippen molar-refractivity contribution in [2.75, 3.05) is 0 Å². The van der Waals surface area contributed by atoms with Gasteiger partial charge in [-0.1, -0.05) is 78.3 Å². The third-order valence-corrected chi connectivity index (χ3v) is 4.58. The second kappa shape index (κ2) is 9.37. The summed E-state index contributed by atoms with van der Waals surface area (Å²) in [6, 6.07) is 24.8. The van der Waals surface area contributed by atoms with Gasteiger partial charge < -0.3 is 9.47 Å². The molecule has 0 saturated heterocycles. The molecule has 0 saturated carbocycles. The molecule has 3 aromatic carbocycles. The van der Waals surface area contributed by atoms with Gasteiger partial charge >= 0.3 is 11.9 Å². The summed E-state index contributed by atoms with van der Waals surface area (Å²) in [4.78, 5) is 23.7. The largest absolute Gasteiger partial charge is 0.424 e. The van der Waals surface area contributed by atoms with E-state index in [1.807, 2.05) is 0 Å². The van der Waals surface area contributed by atoms with Crippen LogP contribution in [0.15, 0.2) is 95.5 Å². The van der Waals surface area contributed by atoms with Crippen LogP contribution in [0, 0.1) is 0 Å². The fourth-order valence-corrected chi connectivity index (χ4v) is 3.01. The Kier molecular flexibility index (Phi) is 6.65. The highest BCUT2D eigenvalue weighted by atomic mass is 35.5. The number of carbonyl (C=O) groups is 2. The highest BCUT2D eigenvalue weighted by Gasteiger charge is 2.53. The molecule has 7 heteroatoms. The summed E-state index contributed by atoms with van der Waals surface area (Å²) in [5.74, 6) is -1.77. The molecule has 0 atom stereocenters. The van der Waals surface area contributed by atoms with Gasteiger partial charge in [0.05, 0.1) is 0 Å². The highest BCUT2D eigenvalue weighted by molar-refractivity contribution is 6.60. The van der Waals surface area contributed by atoms with Gasteiger partial charge in [0.25, 0.3) is 4.87 Å². The molecule has 0 aromatic heterocycles. The van der Waals surface area contributed by atoms with Gasteiger partial charge in [-0.15, -0.1) is 0 Å². The van der Waals surface area contributed by atoms with Crippen molar-refractivity contribution in [3.63, 3.8) is 0 Å². The van der Waals surface area contributed by atoms with E-state index in [1.165, 1.54) is 0 Å². The van der Waals surface area contributed by atoms with Crippen LogP contribution in [0.5, 0.6) is 11.5 Å². The lowest BCUT2D eigenvalue weighted by Gasteiger charge is -2.24. The first-order chi connectivity index (χ1) is 14.1. The lowest BCUT2D eigenvalue weighted by atomic mass is 9.95. The second-order valence-electron chi connectivity index (χ2n) is 5.86. The van der Waals surface area contributed by atoms with E-state index < -0.39 is 16.8 Å². The molecule has 3 aromatic rings. The van der Waals surface area contributed by atoms with E-state index in [0.29, 0.717) is 5.56 Å². The minimum atomic E-state index is -2.44. The molecular weight excluding hydrogens is 413 g/mol. The third kappa shape index (κ3) is 4.65. The lowest BCUT2D eigenvalue weighted by molar-refractivity contribution is -0.146. The van der Waals surface area contributed by atoms with Crippen LogP contribution >= 0.6 is 23.4 Å². The molecule has 0 spiro atoms. The molecule has 5 nitrogen and oxygen atoms in total. The number of para-hydroxylation sites is 2. The fourth-order valence-electron chi connectivity index (χ4n) is 2.51. The molecule has 0 aliphatic carbocycles. The van der Waals surface area contributed by atoms with Crippen molar-refractivity contribution in [3.8, 4) is 11.5 Å². The minimum Gasteiger partial charge on any atom is -0.424 e. The van der Waals surface area contributed by atoms with Crippen molar-refractivity contribution < 1.29 is 19.1 Å². The summed E-state index contributed by atoms with van der Waals surface area (Å²) < 4.78 is 14.3. The Balaban J connectivity index is 2.02. The van der Waals surface area contributed by atoms with Crippen molar-refractivity contribution in [1.82, 2.24) is 0 Å². The Labute approximate surface area is 177 Å². The molecule has 146 valence electrons. The summed E-state index contributed by atoms with van der Waals surface area (Å²) in [5, 5.41) is 0. The summed E-state index contributed by atoms with van der Waals surface area (Å²) in [7, 11) is 0. The van der Waals surface area contributed by atoms with Crippen LogP contribution in [-0.2, 0) is 9.59 Å². The molecule has 0 bridgehead atoms. The molecule has 3 rings (SSSR count). The Morgan fingerprint density at radius 2 is 1.07 bits per heavy atom. The fraction of sp³-hybridized carbons (Fsp3) is 0.0455. The number of halogens is 2. The zero-order valence-corrected chi connectivity index (χ0v) is 16.5. The second-order valence-corrected chi connectivity index (χ2v) is 6.60. The summed E-state index contributed by atoms with van der Waals surface area (Å²) in [5.41, 5.74) is 0.163. The van der Waals surface area contributed by atoms with Gasteiger partial charge in [-0.05, 0) is 24.3 Å². The summed E-state index contributed by atoms with van der Waals surface area (Å²) in [6.45, 7) is 0. The quantitative estimate of drug-likeness (QED) is 0.186. The van der Waals surface area contributed by atoms with E-state index in [2.05, 4.69) is 4.51 Å². The van der Waals surface area contributed by atoms with E-state index >= 15 is 0 Å². The van der Waals surface area contributed by atoms with Gasteiger partial charge in [-0.2, -0.15) is 4.51 Å². The van der Waals surface area contributed by atoms with Crippen molar-refractivity contribution in [2.45, 2.75) is 4.87 Å². The average Bonchev–Trinajstić information content (AvgIpc) is 2.76. The van der Waals surface area contributed by atoms with Crippen molar-refractivity contribution in [1.29, 1.82) is 0 Å². The SMILES string of the molecule is O=C(Oc1ccccc1)C(Cl)(C(=O)Oc1ccccc1)/C(=N/Cl)c1ccccc1. The van der Waals surface area contributed by atoms with Crippen molar-refractivity contribution in [2.24, 2.45) is 4.51 Å². The molecule has 0 heterocycles. The molecule has 0 aliphatic heterocycles. The van der Waals surface area contributed by atoms with Crippen molar-refractivity contribution >= 4 is 41.0 Å². The Hall–Kier alpha value is -3.15. The van der Waals surface area contributed by atoms with Crippen LogP contribution in [0.25, 0.3) is 0 Å². The predicted molar refractivity (Wildman–Crippen MR) is 112 cm³/mol. The highest BCUT2D eigenvalue weighted by Crippen LogP contribution is 2.29. The lowest BCUT2D eigenvalue weighted by Crippen LogP contribution is -2.53. The van der Waals surface area contributed by atoms with E-state index in [4.69, 9.17) is 32.9 Å². The number of benzene rings is 3. The van der Waals surface area contributed by atoms with Gasteiger partial charge in [0.15, 0.2) is 0 Å². The van der Waals surface area contributed by atoms with E-state index in [1.54, 1.807) is 91.0 Å². The first-order valence-corrected chi connectivity index (χ1v) is 9.25. The average molecular weight is 428 g/mol. The predicted octanol–water partition coefficient (Wildman–Crippen LogP) is 4.82. The monoisotopic (exact) mass is 427 g/mol. The number of hydrogen-bond acceptors (Lipinski definition) is 5. The first-order valence-electron chi connectivity index (χ1n) is 8.54. The molecule has 0 fully saturated rings. The maximum Gasteiger partial charge on any atom is 0.350 e. The number of hydrogen-bond donors (Lipinski definition) is 0. The van der Waals surface area contributed by atoms with Gasteiger partial charge in [0.1, 0.15) is 17.2 Å². The number of nitrogens with zero attached hydrogens (tertiary/aromatic N) is 1. The minimum absolute atomic E-state index is 0.205. The van der Waals surface area contributed by atoms with E-state index in [9.17, 15) is 9.59 Å². The molecule has 0 amide bonds. The Morgan fingerprint density at radius 3 is 1.45 bits per heavy atom. The van der Waals surface area contributed by atoms with Gasteiger partial charge in [0, 0.05) is 17.3 Å². The van der Waals surface area contributed by atoms with Crippen LogP contribution in [0.1, 0.15) is 5.56 Å². The van der Waals surface area contributed by atoms with Crippen LogP contribution in [0.4, 0.5) is 0 Å². The molecule has 0 radical (unpaired) electrons.